The molecule has 1 N–H and O–H groups in total. The molecule has 2 aliphatic carbocycles. The standard InChI is InChI=1S/C29H34N4O2/c34-28-24(7-4-12-30-28)27-29(35)33(26-9-2-1-8-25(26)31-27)23-16-20-10-11-21(17-23)32(20)22-14-18-5-3-6-19(13-18)15-22/h1-2,4,7-9,12,18-23H,3,5-6,10-11,13-17H2,(H,30,34)/t18-,19+,20-,21+,22?,23-. The van der Waals surface area contributed by atoms with Crippen molar-refractivity contribution in [3.63, 3.8) is 0 Å². The van der Waals surface area contributed by atoms with Gasteiger partial charge in [0.25, 0.3) is 11.1 Å². The molecule has 3 aromatic rings. The molecule has 0 spiro atoms. The van der Waals surface area contributed by atoms with Crippen molar-refractivity contribution in [2.45, 2.75) is 88.4 Å². The first-order chi connectivity index (χ1) is 17.2. The lowest BCUT2D eigenvalue weighted by Crippen LogP contribution is -2.52. The van der Waals surface area contributed by atoms with Gasteiger partial charge < -0.3 is 9.55 Å². The van der Waals surface area contributed by atoms with E-state index in [1.54, 1.807) is 18.3 Å². The van der Waals surface area contributed by atoms with Gasteiger partial charge in [0.15, 0.2) is 0 Å². The van der Waals surface area contributed by atoms with E-state index >= 15 is 0 Å². The fraction of sp³-hybridized carbons (Fsp3) is 0.552. The Labute approximate surface area is 205 Å². The fourth-order valence-corrected chi connectivity index (χ4v) is 8.23. The molecule has 1 unspecified atom stereocenters. The molecule has 2 aliphatic heterocycles. The van der Waals surface area contributed by atoms with Gasteiger partial charge >= 0.3 is 0 Å². The Morgan fingerprint density at radius 2 is 1.51 bits per heavy atom. The molecule has 4 heterocycles. The molecule has 0 amide bonds. The number of aromatic nitrogens is 3. The number of fused-ring (bicyclic) bond motifs is 5. The summed E-state index contributed by atoms with van der Waals surface area (Å²) in [6, 6.07) is 13.4. The first-order valence-corrected chi connectivity index (χ1v) is 13.6. The number of nitrogens with zero attached hydrogens (tertiary/aromatic N) is 3. The van der Waals surface area contributed by atoms with Crippen LogP contribution in [0, 0.1) is 11.8 Å². The van der Waals surface area contributed by atoms with Crippen LogP contribution in [0.5, 0.6) is 0 Å². The summed E-state index contributed by atoms with van der Waals surface area (Å²) in [6.07, 6.45) is 14.6. The molecular weight excluding hydrogens is 436 g/mol. The molecular formula is C29H34N4O2. The van der Waals surface area contributed by atoms with Crippen LogP contribution in [0.3, 0.4) is 0 Å². The Morgan fingerprint density at radius 1 is 0.771 bits per heavy atom. The van der Waals surface area contributed by atoms with Crippen LogP contribution in [0.1, 0.15) is 70.3 Å². The van der Waals surface area contributed by atoms with E-state index in [2.05, 4.69) is 14.9 Å². The van der Waals surface area contributed by atoms with Gasteiger partial charge in [-0.25, -0.2) is 4.98 Å². The third-order valence-electron chi connectivity index (χ3n) is 9.52. The van der Waals surface area contributed by atoms with Gasteiger partial charge in [0.2, 0.25) is 0 Å². The van der Waals surface area contributed by atoms with Crippen LogP contribution in [-0.2, 0) is 0 Å². The normalized spacial score (nSPS) is 32.7. The highest BCUT2D eigenvalue weighted by Gasteiger charge is 2.47. The molecule has 0 radical (unpaired) electrons. The van der Waals surface area contributed by atoms with Crippen molar-refractivity contribution >= 4 is 11.0 Å². The van der Waals surface area contributed by atoms with Gasteiger partial charge in [0.1, 0.15) is 5.69 Å². The van der Waals surface area contributed by atoms with E-state index in [0.717, 1.165) is 41.8 Å². The van der Waals surface area contributed by atoms with Gasteiger partial charge in [-0.3, -0.25) is 14.5 Å². The van der Waals surface area contributed by atoms with Gasteiger partial charge in [0, 0.05) is 30.4 Å². The second-order valence-electron chi connectivity index (χ2n) is 11.5. The van der Waals surface area contributed by atoms with Crippen molar-refractivity contribution in [2.24, 2.45) is 11.8 Å². The summed E-state index contributed by atoms with van der Waals surface area (Å²) in [6.45, 7) is 0. The minimum atomic E-state index is -0.267. The molecule has 4 aliphatic rings. The Bertz CT molecular complexity index is 1350. The fourth-order valence-electron chi connectivity index (χ4n) is 8.23. The SMILES string of the molecule is O=c1[nH]cccc1-c1nc2ccccc2n([C@@H]2C[C@H]3CC[C@@H](C2)N3C2C[C@H]3CCC[C@@H](C2)C3)c1=O. The number of piperidine rings is 1. The molecule has 182 valence electrons. The lowest BCUT2D eigenvalue weighted by atomic mass is 9.69. The molecule has 2 aromatic heterocycles. The van der Waals surface area contributed by atoms with Gasteiger partial charge in [-0.15, -0.1) is 0 Å². The highest BCUT2D eigenvalue weighted by atomic mass is 16.1. The minimum Gasteiger partial charge on any atom is -0.329 e. The largest absolute Gasteiger partial charge is 0.329 e. The Hall–Kier alpha value is -2.73. The number of H-pyrrole nitrogens is 1. The maximum Gasteiger partial charge on any atom is 0.278 e. The van der Waals surface area contributed by atoms with Crippen LogP contribution in [-0.4, -0.2) is 37.6 Å². The average molecular weight is 471 g/mol. The van der Waals surface area contributed by atoms with Crippen LogP contribution in [0.2, 0.25) is 0 Å². The topological polar surface area (TPSA) is 71.0 Å². The number of aromatic amines is 1. The number of hydrogen-bond donors (Lipinski definition) is 1. The molecule has 1 aromatic carbocycles. The van der Waals surface area contributed by atoms with Gasteiger partial charge in [0.05, 0.1) is 16.6 Å². The zero-order valence-corrected chi connectivity index (χ0v) is 20.2. The van der Waals surface area contributed by atoms with Crippen molar-refractivity contribution in [3.8, 4) is 11.3 Å². The summed E-state index contributed by atoms with van der Waals surface area (Å²) in [4.78, 5) is 36.8. The van der Waals surface area contributed by atoms with Crippen molar-refractivity contribution in [2.75, 3.05) is 0 Å². The number of hydrogen-bond acceptors (Lipinski definition) is 4. The summed E-state index contributed by atoms with van der Waals surface area (Å²) in [7, 11) is 0. The third-order valence-corrected chi connectivity index (χ3v) is 9.52. The molecule has 35 heavy (non-hydrogen) atoms. The van der Waals surface area contributed by atoms with Crippen LogP contribution < -0.4 is 11.1 Å². The second-order valence-corrected chi connectivity index (χ2v) is 11.5. The summed E-state index contributed by atoms with van der Waals surface area (Å²) in [5, 5.41) is 0. The first kappa shape index (κ1) is 21.5. The molecule has 4 fully saturated rings. The Morgan fingerprint density at radius 3 is 2.26 bits per heavy atom. The third kappa shape index (κ3) is 3.60. The molecule has 6 heteroatoms. The van der Waals surface area contributed by atoms with E-state index in [1.165, 1.54) is 51.4 Å². The van der Waals surface area contributed by atoms with Crippen molar-refractivity contribution in [3.05, 3.63) is 63.3 Å². The molecule has 7 rings (SSSR count). The Kier molecular flexibility index (Phi) is 5.19. The summed E-state index contributed by atoms with van der Waals surface area (Å²) in [5.74, 6) is 1.87. The number of nitrogens with one attached hydrogen (secondary N) is 1. The summed E-state index contributed by atoms with van der Waals surface area (Å²) >= 11 is 0. The number of rotatable bonds is 3. The predicted octanol–water partition coefficient (Wildman–Crippen LogP) is 4.89. The highest BCUT2D eigenvalue weighted by molar-refractivity contribution is 5.77. The zero-order chi connectivity index (χ0) is 23.5. The molecule has 4 bridgehead atoms. The molecule has 6 nitrogen and oxygen atoms in total. The van der Waals surface area contributed by atoms with Crippen LogP contribution in [0.4, 0.5) is 0 Å². The van der Waals surface area contributed by atoms with Crippen molar-refractivity contribution in [1.29, 1.82) is 0 Å². The first-order valence-electron chi connectivity index (χ1n) is 13.6. The van der Waals surface area contributed by atoms with Gasteiger partial charge in [-0.1, -0.05) is 31.4 Å². The van der Waals surface area contributed by atoms with Crippen molar-refractivity contribution < 1.29 is 0 Å². The van der Waals surface area contributed by atoms with E-state index in [0.29, 0.717) is 17.6 Å². The summed E-state index contributed by atoms with van der Waals surface area (Å²) in [5.41, 5.74) is 1.88. The van der Waals surface area contributed by atoms with Crippen LogP contribution >= 0.6 is 0 Å². The average Bonchev–Trinajstić information content (AvgIpc) is 3.13. The van der Waals surface area contributed by atoms with Crippen LogP contribution in [0.25, 0.3) is 22.3 Å². The van der Waals surface area contributed by atoms with E-state index in [-0.39, 0.29) is 22.9 Å². The molecule has 6 atom stereocenters. The van der Waals surface area contributed by atoms with E-state index in [1.807, 2.05) is 28.8 Å². The van der Waals surface area contributed by atoms with E-state index < -0.39 is 0 Å². The quantitative estimate of drug-likeness (QED) is 0.592. The van der Waals surface area contributed by atoms with Gasteiger partial charge in [-0.05, 0) is 81.0 Å². The molecule has 2 saturated heterocycles. The lowest BCUT2D eigenvalue weighted by molar-refractivity contribution is 0.00791. The smallest absolute Gasteiger partial charge is 0.278 e. The zero-order valence-electron chi connectivity index (χ0n) is 20.2. The highest BCUT2D eigenvalue weighted by Crippen LogP contribution is 2.48. The number of pyridine rings is 1. The lowest BCUT2D eigenvalue weighted by Gasteiger charge is -2.49. The second kappa shape index (κ2) is 8.44. The molecule has 2 saturated carbocycles. The Balaban J connectivity index is 1.26. The van der Waals surface area contributed by atoms with Crippen molar-refractivity contribution in [1.82, 2.24) is 19.4 Å². The monoisotopic (exact) mass is 470 g/mol. The maximum atomic E-state index is 13.9. The number of benzene rings is 1. The minimum absolute atomic E-state index is 0.134. The summed E-state index contributed by atoms with van der Waals surface area (Å²) < 4.78 is 1.99. The van der Waals surface area contributed by atoms with Crippen LogP contribution in [0.15, 0.2) is 52.2 Å². The maximum absolute atomic E-state index is 13.9. The number of para-hydroxylation sites is 2. The van der Waals surface area contributed by atoms with E-state index in [9.17, 15) is 9.59 Å². The van der Waals surface area contributed by atoms with E-state index in [4.69, 9.17) is 0 Å². The van der Waals surface area contributed by atoms with Gasteiger partial charge in [-0.2, -0.15) is 0 Å². The predicted molar refractivity (Wildman–Crippen MR) is 137 cm³/mol.